The lowest BCUT2D eigenvalue weighted by Gasteiger charge is -2.31. The Bertz CT molecular complexity index is 2170. The molecule has 2 aliphatic rings. The average Bonchev–Trinajstić information content (AvgIpc) is 3.72. The highest BCUT2D eigenvalue weighted by Gasteiger charge is 2.44. The number of aromatic nitrogens is 1. The van der Waals surface area contributed by atoms with Gasteiger partial charge in [-0.15, -0.1) is 0 Å². The van der Waals surface area contributed by atoms with Gasteiger partial charge in [-0.25, -0.2) is 0 Å². The van der Waals surface area contributed by atoms with Crippen LogP contribution in [0.5, 0.6) is 0 Å². The molecule has 0 bridgehead atoms. The second kappa shape index (κ2) is 15.9. The molecule has 1 aromatic heterocycles. The van der Waals surface area contributed by atoms with Gasteiger partial charge >= 0.3 is 7.60 Å². The molecule has 0 radical (unpaired) electrons. The van der Waals surface area contributed by atoms with E-state index in [1.54, 1.807) is 6.92 Å². The van der Waals surface area contributed by atoms with Crippen molar-refractivity contribution in [2.24, 2.45) is 5.73 Å². The van der Waals surface area contributed by atoms with Crippen LogP contribution in [0.15, 0.2) is 66.7 Å². The van der Waals surface area contributed by atoms with Gasteiger partial charge in [0.1, 0.15) is 17.8 Å². The minimum atomic E-state index is -5.01. The SMILES string of the molecule is CC(S)c1ccc(CO[C@H](C)[C@H](CCC(N)=O)NC(=O)[C@@H]2Cc3cccc4c3N2C(=O)[C@@H](NC(=O)c2cc3cc(C(=O)P(=O)(O)O)ccc3[nH]2)CC4)cc1. The van der Waals surface area contributed by atoms with Crippen LogP contribution in [0.1, 0.15) is 81.5 Å². The van der Waals surface area contributed by atoms with E-state index in [9.17, 15) is 38.3 Å². The summed E-state index contributed by atoms with van der Waals surface area (Å²) in [5.41, 5.74) is 8.76. The van der Waals surface area contributed by atoms with Gasteiger partial charge in [-0.2, -0.15) is 12.6 Å². The molecule has 284 valence electrons. The third-order valence-electron chi connectivity index (χ3n) is 9.96. The van der Waals surface area contributed by atoms with Crippen molar-refractivity contribution >= 4 is 66.0 Å². The maximum absolute atomic E-state index is 14.3. The molecule has 2 aliphatic heterocycles. The van der Waals surface area contributed by atoms with Crippen LogP contribution in [0, 0.1) is 0 Å². The number of para-hydroxylation sites is 1. The van der Waals surface area contributed by atoms with Crippen LogP contribution in [0.4, 0.5) is 5.69 Å². The standard InChI is InChI=1S/C38H42N5O9PS/c1-20(52-19-22-6-8-23(9-7-22)21(2)54)28(14-15-33(39)44)41-36(46)32-18-25-5-3-4-24-10-13-30(37(47)43(32)34(24)25)42-35(45)31-17-27-16-26(11-12-29(27)40-31)38(48)53(49,50)51/h3-9,11-12,16-17,20-21,28,30,32,40,54H,10,13-15,18-19H2,1-2H3,(H2,39,44)(H,41,46)(H,42,45)(H2,49,50,51)/t20-,21?,28+,30+,32+/m1/s1. The van der Waals surface area contributed by atoms with Gasteiger partial charge in [-0.1, -0.05) is 42.5 Å². The fourth-order valence-corrected chi connectivity index (χ4v) is 7.65. The second-order valence-corrected chi connectivity index (χ2v) is 16.1. The molecular formula is C38H42N5O9PS. The van der Waals surface area contributed by atoms with E-state index in [4.69, 9.17) is 10.5 Å². The molecule has 5 atom stereocenters. The van der Waals surface area contributed by atoms with Gasteiger partial charge < -0.3 is 35.9 Å². The third kappa shape index (κ3) is 8.45. The number of ether oxygens (including phenoxy) is 1. The van der Waals surface area contributed by atoms with Crippen molar-refractivity contribution in [2.75, 3.05) is 4.90 Å². The molecule has 4 aromatic rings. The summed E-state index contributed by atoms with van der Waals surface area (Å²) in [6.07, 6.45) is 0.652. The Morgan fingerprint density at radius 3 is 2.46 bits per heavy atom. The molecule has 0 aliphatic carbocycles. The highest BCUT2D eigenvalue weighted by atomic mass is 32.1. The zero-order valence-corrected chi connectivity index (χ0v) is 31.4. The molecule has 6 rings (SSSR count). The predicted molar refractivity (Wildman–Crippen MR) is 204 cm³/mol. The first-order chi connectivity index (χ1) is 25.6. The fraction of sp³-hybridized carbons (Fsp3) is 0.342. The summed E-state index contributed by atoms with van der Waals surface area (Å²) in [4.78, 5) is 88.9. The lowest BCUT2D eigenvalue weighted by atomic mass is 10.0. The van der Waals surface area contributed by atoms with Crippen LogP contribution in [0.2, 0.25) is 0 Å². The normalized spacial score (nSPS) is 18.4. The Balaban J connectivity index is 1.19. The largest absolute Gasteiger partial charge is 0.396 e. The van der Waals surface area contributed by atoms with E-state index >= 15 is 0 Å². The average molecular weight is 776 g/mol. The number of nitrogens with zero attached hydrogens (tertiary/aromatic N) is 1. The Morgan fingerprint density at radius 1 is 1.06 bits per heavy atom. The fourth-order valence-electron chi connectivity index (χ4n) is 7.00. The van der Waals surface area contributed by atoms with Crippen molar-refractivity contribution in [2.45, 2.75) is 82.0 Å². The number of hydrogen-bond acceptors (Lipinski definition) is 8. The predicted octanol–water partition coefficient (Wildman–Crippen LogP) is 3.83. The van der Waals surface area contributed by atoms with Gasteiger partial charge in [0, 0.05) is 34.6 Å². The zero-order valence-electron chi connectivity index (χ0n) is 29.7. The Morgan fingerprint density at radius 2 is 1.78 bits per heavy atom. The number of benzene rings is 3. The molecule has 0 saturated carbocycles. The van der Waals surface area contributed by atoms with Gasteiger partial charge in [0.05, 0.1) is 24.4 Å². The number of anilines is 1. The summed E-state index contributed by atoms with van der Waals surface area (Å²) in [5.74, 6) is -2.05. The smallest absolute Gasteiger partial charge is 0.372 e. The first-order valence-corrected chi connectivity index (χ1v) is 19.7. The number of amides is 4. The molecule has 0 spiro atoms. The lowest BCUT2D eigenvalue weighted by Crippen LogP contribution is -2.56. The molecule has 0 fully saturated rings. The summed E-state index contributed by atoms with van der Waals surface area (Å²) in [6.45, 7) is 4.05. The number of primary amides is 1. The molecule has 0 saturated heterocycles. The summed E-state index contributed by atoms with van der Waals surface area (Å²) in [5, 5.41) is 6.29. The first kappa shape index (κ1) is 38.9. The minimum absolute atomic E-state index is 0.00795. The molecule has 4 amide bonds. The lowest BCUT2D eigenvalue weighted by molar-refractivity contribution is -0.128. The van der Waals surface area contributed by atoms with E-state index in [0.717, 1.165) is 22.3 Å². The summed E-state index contributed by atoms with van der Waals surface area (Å²) >= 11 is 4.47. The quantitative estimate of drug-likeness (QED) is 0.0730. The zero-order chi connectivity index (χ0) is 38.9. The van der Waals surface area contributed by atoms with Crippen LogP contribution >= 0.6 is 20.2 Å². The van der Waals surface area contributed by atoms with Crippen molar-refractivity contribution in [1.82, 2.24) is 15.6 Å². The van der Waals surface area contributed by atoms with Gasteiger partial charge in [-0.3, -0.25) is 33.4 Å². The molecule has 3 aromatic carbocycles. The molecule has 1 unspecified atom stereocenters. The number of carbonyl (C=O) groups excluding carboxylic acids is 5. The van der Waals surface area contributed by atoms with Crippen LogP contribution in [-0.4, -0.2) is 68.2 Å². The van der Waals surface area contributed by atoms with E-state index in [-0.39, 0.29) is 48.8 Å². The third-order valence-corrected chi connectivity index (χ3v) is 11.0. The van der Waals surface area contributed by atoms with Gasteiger partial charge in [0.15, 0.2) is 0 Å². The number of hydrogen-bond donors (Lipinski definition) is 7. The minimum Gasteiger partial charge on any atom is -0.372 e. The maximum Gasteiger partial charge on any atom is 0.396 e. The summed E-state index contributed by atoms with van der Waals surface area (Å²) < 4.78 is 17.6. The first-order valence-electron chi connectivity index (χ1n) is 17.6. The van der Waals surface area contributed by atoms with Crippen molar-refractivity contribution in [3.63, 3.8) is 0 Å². The number of H-pyrrole nitrogens is 1. The number of fused-ring (bicyclic) bond motifs is 1. The van der Waals surface area contributed by atoms with Crippen LogP contribution in [0.25, 0.3) is 10.9 Å². The van der Waals surface area contributed by atoms with Crippen molar-refractivity contribution in [3.05, 3.63) is 100 Å². The Hall–Kier alpha value is -4.79. The second-order valence-electron chi connectivity index (χ2n) is 13.8. The number of nitrogens with one attached hydrogen (secondary N) is 3. The van der Waals surface area contributed by atoms with Gasteiger partial charge in [0.25, 0.3) is 11.4 Å². The van der Waals surface area contributed by atoms with Gasteiger partial charge in [0.2, 0.25) is 17.7 Å². The molecule has 16 heteroatoms. The number of aryl methyl sites for hydroxylation is 1. The highest BCUT2D eigenvalue weighted by molar-refractivity contribution is 7.80. The number of thiol groups is 1. The van der Waals surface area contributed by atoms with Crippen molar-refractivity contribution in [1.29, 1.82) is 0 Å². The topological polar surface area (TPSA) is 221 Å². The molecule has 7 N–H and O–H groups in total. The van der Waals surface area contributed by atoms with Crippen molar-refractivity contribution < 1.29 is 43.1 Å². The number of carbonyl (C=O) groups is 5. The number of aromatic amines is 1. The van der Waals surface area contributed by atoms with Crippen LogP contribution < -0.4 is 21.3 Å². The molecular weight excluding hydrogens is 733 g/mol. The summed E-state index contributed by atoms with van der Waals surface area (Å²) in [7, 11) is -5.01. The molecule has 54 heavy (non-hydrogen) atoms. The van der Waals surface area contributed by atoms with E-state index in [1.807, 2.05) is 49.4 Å². The Labute approximate surface area is 316 Å². The van der Waals surface area contributed by atoms with Crippen LogP contribution in [-0.2, 0) is 43.1 Å². The molecule has 14 nitrogen and oxygen atoms in total. The van der Waals surface area contributed by atoms with Crippen molar-refractivity contribution in [3.8, 4) is 0 Å². The number of rotatable bonds is 14. The Kier molecular flexibility index (Phi) is 11.5. The van der Waals surface area contributed by atoms with E-state index < -0.39 is 61.0 Å². The maximum atomic E-state index is 14.3. The number of nitrogens with two attached hydrogens (primary N) is 1. The van der Waals surface area contributed by atoms with E-state index in [1.165, 1.54) is 29.2 Å². The van der Waals surface area contributed by atoms with E-state index in [2.05, 4.69) is 28.2 Å². The van der Waals surface area contributed by atoms with Gasteiger partial charge in [-0.05, 0) is 79.6 Å². The van der Waals surface area contributed by atoms with Crippen LogP contribution in [0.3, 0.4) is 0 Å². The highest BCUT2D eigenvalue weighted by Crippen LogP contribution is 2.40. The summed E-state index contributed by atoms with van der Waals surface area (Å²) in [6, 6.07) is 16.3. The van der Waals surface area contributed by atoms with E-state index in [0.29, 0.717) is 23.0 Å². The molecule has 3 heterocycles. The monoisotopic (exact) mass is 775 g/mol.